The molecule has 2 rings (SSSR count). The van der Waals surface area contributed by atoms with Gasteiger partial charge in [0.1, 0.15) is 9.96 Å². The van der Waals surface area contributed by atoms with Crippen molar-refractivity contribution >= 4 is 37.3 Å². The van der Waals surface area contributed by atoms with Crippen LogP contribution in [0.4, 0.5) is 0 Å². The largest absolute Gasteiger partial charge is 0.494 e. The van der Waals surface area contributed by atoms with Crippen molar-refractivity contribution in [1.82, 2.24) is 4.31 Å². The van der Waals surface area contributed by atoms with Crippen LogP contribution in [0.1, 0.15) is 12.5 Å². The average Bonchev–Trinajstić information content (AvgIpc) is 2.88. The van der Waals surface area contributed by atoms with Gasteiger partial charge in [0.15, 0.2) is 0 Å². The second-order valence-corrected chi connectivity index (χ2v) is 9.10. The van der Waals surface area contributed by atoms with Crippen molar-refractivity contribution in [3.8, 4) is 5.75 Å². The molecule has 1 aromatic heterocycles. The van der Waals surface area contributed by atoms with E-state index in [-0.39, 0.29) is 6.54 Å². The highest BCUT2D eigenvalue weighted by atomic mass is 79.9. The molecule has 0 aliphatic carbocycles. The van der Waals surface area contributed by atoms with Gasteiger partial charge in [0.2, 0.25) is 0 Å². The zero-order valence-electron chi connectivity index (χ0n) is 11.7. The molecule has 0 saturated carbocycles. The minimum absolute atomic E-state index is 0.272. The third-order valence-corrected chi connectivity index (χ3v) is 6.77. The van der Waals surface area contributed by atoms with E-state index < -0.39 is 10.0 Å². The number of rotatable bonds is 6. The van der Waals surface area contributed by atoms with E-state index in [4.69, 9.17) is 4.74 Å². The minimum atomic E-state index is -3.48. The van der Waals surface area contributed by atoms with Gasteiger partial charge < -0.3 is 4.74 Å². The molecule has 0 aliphatic heterocycles. The fourth-order valence-electron chi connectivity index (χ4n) is 1.85. The van der Waals surface area contributed by atoms with Gasteiger partial charge >= 0.3 is 0 Å². The van der Waals surface area contributed by atoms with Crippen LogP contribution in [-0.4, -0.2) is 26.4 Å². The molecule has 0 N–H and O–H groups in total. The predicted octanol–water partition coefficient (Wildman–Crippen LogP) is 3.73. The molecule has 0 radical (unpaired) electrons. The number of thiophene rings is 1. The van der Waals surface area contributed by atoms with E-state index in [0.29, 0.717) is 10.8 Å². The summed E-state index contributed by atoms with van der Waals surface area (Å²) < 4.78 is 33.0. The Morgan fingerprint density at radius 2 is 1.95 bits per heavy atom. The third-order valence-electron chi connectivity index (χ3n) is 2.88. The molecule has 21 heavy (non-hydrogen) atoms. The van der Waals surface area contributed by atoms with Crippen molar-refractivity contribution in [2.75, 3.05) is 13.7 Å². The van der Waals surface area contributed by atoms with Crippen molar-refractivity contribution in [2.45, 2.75) is 17.7 Å². The Morgan fingerprint density at radius 1 is 1.24 bits per heavy atom. The van der Waals surface area contributed by atoms with Gasteiger partial charge in [-0.15, -0.1) is 11.3 Å². The van der Waals surface area contributed by atoms with Crippen molar-refractivity contribution < 1.29 is 13.2 Å². The Morgan fingerprint density at radius 3 is 2.57 bits per heavy atom. The number of halogens is 1. The number of hydrogen-bond acceptors (Lipinski definition) is 4. The van der Waals surface area contributed by atoms with Crippen molar-refractivity contribution in [3.63, 3.8) is 0 Å². The van der Waals surface area contributed by atoms with E-state index >= 15 is 0 Å². The second kappa shape index (κ2) is 6.91. The van der Waals surface area contributed by atoms with Crippen LogP contribution >= 0.6 is 27.3 Å². The van der Waals surface area contributed by atoms with Crippen LogP contribution in [0.15, 0.2) is 44.4 Å². The lowest BCUT2D eigenvalue weighted by atomic mass is 10.2. The van der Waals surface area contributed by atoms with Crippen molar-refractivity contribution in [2.24, 2.45) is 0 Å². The van der Waals surface area contributed by atoms with Gasteiger partial charge in [-0.1, -0.05) is 18.2 Å². The van der Waals surface area contributed by atoms with Gasteiger partial charge in [0, 0.05) is 19.2 Å². The highest BCUT2D eigenvalue weighted by molar-refractivity contribution is 9.11. The van der Waals surface area contributed by atoms with Crippen molar-refractivity contribution in [3.05, 3.63) is 45.7 Å². The first kappa shape index (κ1) is 16.5. The summed E-state index contributed by atoms with van der Waals surface area (Å²) in [4.78, 5) is 0. The molecular weight excluding hydrogens is 374 g/mol. The van der Waals surface area contributed by atoms with Crippen LogP contribution < -0.4 is 4.74 Å². The molecule has 1 heterocycles. The molecule has 0 saturated heterocycles. The van der Waals surface area contributed by atoms with E-state index in [9.17, 15) is 8.42 Å². The van der Waals surface area contributed by atoms with Crippen LogP contribution in [-0.2, 0) is 16.6 Å². The molecule has 4 nitrogen and oxygen atoms in total. The molecule has 0 fully saturated rings. The van der Waals surface area contributed by atoms with Gasteiger partial charge in [0.25, 0.3) is 10.0 Å². The molecule has 0 spiro atoms. The molecule has 0 amide bonds. The van der Waals surface area contributed by atoms with Crippen LogP contribution in [0.25, 0.3) is 0 Å². The summed E-state index contributed by atoms with van der Waals surface area (Å²) in [6.45, 7) is 2.72. The first-order valence-corrected chi connectivity index (χ1v) is 9.42. The number of ether oxygens (including phenoxy) is 1. The smallest absolute Gasteiger partial charge is 0.252 e. The summed E-state index contributed by atoms with van der Waals surface area (Å²) in [7, 11) is -1.91. The normalized spacial score (nSPS) is 11.8. The number of nitrogens with zero attached hydrogens (tertiary/aromatic N) is 1. The van der Waals surface area contributed by atoms with E-state index in [0.717, 1.165) is 15.1 Å². The molecule has 2 aromatic rings. The van der Waals surface area contributed by atoms with Crippen LogP contribution in [0.3, 0.4) is 0 Å². The molecule has 0 atom stereocenters. The quantitative estimate of drug-likeness (QED) is 0.755. The standard InChI is InChI=1S/C14H16BrNO3S2/c1-3-19-12-7-5-4-6-11(12)10-16(2)21(17,18)14-9-8-13(15)20-14/h4-9H,3,10H2,1-2H3. The number of para-hydroxylation sites is 1. The topological polar surface area (TPSA) is 46.6 Å². The van der Waals surface area contributed by atoms with E-state index in [1.54, 1.807) is 19.2 Å². The summed E-state index contributed by atoms with van der Waals surface area (Å²) in [5.41, 5.74) is 0.848. The van der Waals surface area contributed by atoms with Gasteiger partial charge in [-0.3, -0.25) is 0 Å². The maximum absolute atomic E-state index is 12.5. The lowest BCUT2D eigenvalue weighted by molar-refractivity contribution is 0.332. The summed E-state index contributed by atoms with van der Waals surface area (Å²) in [5, 5.41) is 0. The highest BCUT2D eigenvalue weighted by Crippen LogP contribution is 2.29. The summed E-state index contributed by atoms with van der Waals surface area (Å²) >= 11 is 4.49. The van der Waals surface area contributed by atoms with E-state index in [2.05, 4.69) is 15.9 Å². The molecule has 0 bridgehead atoms. The Labute approximate surface area is 137 Å². The molecule has 0 aliphatic rings. The number of benzene rings is 1. The second-order valence-electron chi connectivity index (χ2n) is 4.36. The maximum Gasteiger partial charge on any atom is 0.252 e. The predicted molar refractivity (Wildman–Crippen MR) is 88.3 cm³/mol. The van der Waals surface area contributed by atoms with Gasteiger partial charge in [-0.2, -0.15) is 4.31 Å². The zero-order chi connectivity index (χ0) is 15.5. The number of hydrogen-bond donors (Lipinski definition) is 0. The summed E-state index contributed by atoms with van der Waals surface area (Å²) in [6, 6.07) is 10.8. The van der Waals surface area contributed by atoms with E-state index in [1.165, 1.54) is 15.6 Å². The fraction of sp³-hybridized carbons (Fsp3) is 0.286. The maximum atomic E-state index is 12.5. The Balaban J connectivity index is 2.23. The fourth-order valence-corrected chi connectivity index (χ4v) is 5.22. The van der Waals surface area contributed by atoms with Crippen LogP contribution in [0, 0.1) is 0 Å². The Bertz CT molecular complexity index is 713. The first-order chi connectivity index (χ1) is 9.95. The van der Waals surface area contributed by atoms with Crippen LogP contribution in [0.2, 0.25) is 0 Å². The van der Waals surface area contributed by atoms with Crippen molar-refractivity contribution in [1.29, 1.82) is 0 Å². The molecular formula is C14H16BrNO3S2. The third kappa shape index (κ3) is 3.85. The highest BCUT2D eigenvalue weighted by Gasteiger charge is 2.23. The SMILES string of the molecule is CCOc1ccccc1CN(C)S(=O)(=O)c1ccc(Br)s1. The van der Waals surface area contributed by atoms with Gasteiger partial charge in [-0.05, 0) is 41.1 Å². The lowest BCUT2D eigenvalue weighted by Gasteiger charge is -2.18. The summed E-state index contributed by atoms with van der Waals surface area (Å²) in [5.74, 6) is 0.717. The monoisotopic (exact) mass is 389 g/mol. The Hall–Kier alpha value is -0.890. The zero-order valence-corrected chi connectivity index (χ0v) is 15.0. The first-order valence-electron chi connectivity index (χ1n) is 6.37. The van der Waals surface area contributed by atoms with Gasteiger partial charge in [0.05, 0.1) is 10.4 Å². The Kier molecular flexibility index (Phi) is 5.43. The van der Waals surface area contributed by atoms with Crippen LogP contribution in [0.5, 0.6) is 5.75 Å². The average molecular weight is 390 g/mol. The molecule has 7 heteroatoms. The summed E-state index contributed by atoms with van der Waals surface area (Å²) in [6.07, 6.45) is 0. The minimum Gasteiger partial charge on any atom is -0.494 e. The lowest BCUT2D eigenvalue weighted by Crippen LogP contribution is -2.26. The molecule has 114 valence electrons. The molecule has 0 unspecified atom stereocenters. The van der Waals surface area contributed by atoms with Gasteiger partial charge in [-0.25, -0.2) is 8.42 Å². The number of sulfonamides is 1. The van der Waals surface area contributed by atoms with E-state index in [1.807, 2.05) is 31.2 Å². The molecule has 1 aromatic carbocycles.